The van der Waals surface area contributed by atoms with E-state index in [0.29, 0.717) is 28.7 Å². The van der Waals surface area contributed by atoms with Crippen molar-refractivity contribution >= 4 is 10.0 Å². The molecule has 1 atom stereocenters. The SMILES string of the molecule is COc1ccc(S(=O)(=O)NCC(C(C)C)N2CCN(C)CC2)c(C)c1. The third-order valence-corrected chi connectivity index (χ3v) is 6.51. The molecular weight excluding hydrogens is 338 g/mol. The second-order valence-corrected chi connectivity index (χ2v) is 8.87. The summed E-state index contributed by atoms with van der Waals surface area (Å²) >= 11 is 0. The van der Waals surface area contributed by atoms with E-state index in [4.69, 9.17) is 4.74 Å². The Labute approximate surface area is 152 Å². The minimum atomic E-state index is -3.54. The summed E-state index contributed by atoms with van der Waals surface area (Å²) < 4.78 is 33.4. The van der Waals surface area contributed by atoms with Crippen molar-refractivity contribution in [2.24, 2.45) is 5.92 Å². The monoisotopic (exact) mass is 369 g/mol. The van der Waals surface area contributed by atoms with Crippen LogP contribution in [0.25, 0.3) is 0 Å². The van der Waals surface area contributed by atoms with Gasteiger partial charge in [-0.05, 0) is 43.7 Å². The molecule has 1 N–H and O–H groups in total. The zero-order chi connectivity index (χ0) is 18.6. The second kappa shape index (κ2) is 8.49. The minimum absolute atomic E-state index is 0.196. The highest BCUT2D eigenvalue weighted by molar-refractivity contribution is 7.89. The number of benzene rings is 1. The maximum atomic E-state index is 12.7. The fourth-order valence-electron chi connectivity index (χ4n) is 3.26. The summed E-state index contributed by atoms with van der Waals surface area (Å²) in [5.41, 5.74) is 0.688. The summed E-state index contributed by atoms with van der Waals surface area (Å²) in [6.45, 7) is 10.5. The smallest absolute Gasteiger partial charge is 0.240 e. The predicted octanol–water partition coefficient (Wildman–Crippen LogP) is 1.55. The number of nitrogens with zero attached hydrogens (tertiary/aromatic N) is 2. The lowest BCUT2D eigenvalue weighted by molar-refractivity contribution is 0.0905. The van der Waals surface area contributed by atoms with Crippen molar-refractivity contribution in [1.82, 2.24) is 14.5 Å². The third-order valence-electron chi connectivity index (χ3n) is 4.93. The zero-order valence-electron chi connectivity index (χ0n) is 15.9. The maximum absolute atomic E-state index is 12.7. The normalized spacial score (nSPS) is 18.5. The quantitative estimate of drug-likeness (QED) is 0.790. The number of sulfonamides is 1. The van der Waals surface area contributed by atoms with Gasteiger partial charge in [-0.2, -0.15) is 0 Å². The van der Waals surface area contributed by atoms with Gasteiger partial charge in [-0.25, -0.2) is 13.1 Å². The Hall–Kier alpha value is -1.15. The highest BCUT2D eigenvalue weighted by atomic mass is 32.2. The molecule has 1 aromatic rings. The topological polar surface area (TPSA) is 61.9 Å². The summed E-state index contributed by atoms with van der Waals surface area (Å²) in [4.78, 5) is 5.02. The molecule has 1 aromatic carbocycles. The maximum Gasteiger partial charge on any atom is 0.240 e. The van der Waals surface area contributed by atoms with E-state index in [9.17, 15) is 8.42 Å². The van der Waals surface area contributed by atoms with Crippen molar-refractivity contribution in [1.29, 1.82) is 0 Å². The number of aryl methyl sites for hydroxylation is 1. The van der Waals surface area contributed by atoms with Crippen LogP contribution in [0.4, 0.5) is 0 Å². The van der Waals surface area contributed by atoms with Gasteiger partial charge in [0.2, 0.25) is 10.0 Å². The van der Waals surface area contributed by atoms with Crippen LogP contribution in [0.15, 0.2) is 23.1 Å². The molecular formula is C18H31N3O3S. The Morgan fingerprint density at radius 2 is 1.84 bits per heavy atom. The summed E-state index contributed by atoms with van der Waals surface area (Å²) in [5, 5.41) is 0. The Morgan fingerprint density at radius 3 is 2.36 bits per heavy atom. The lowest BCUT2D eigenvalue weighted by atomic mass is 10.0. The fourth-order valence-corrected chi connectivity index (χ4v) is 4.54. The number of nitrogens with one attached hydrogen (secondary N) is 1. The van der Waals surface area contributed by atoms with Gasteiger partial charge in [0.1, 0.15) is 5.75 Å². The van der Waals surface area contributed by atoms with Crippen molar-refractivity contribution in [3.63, 3.8) is 0 Å². The van der Waals surface area contributed by atoms with Gasteiger partial charge < -0.3 is 9.64 Å². The average molecular weight is 370 g/mol. The molecule has 0 bridgehead atoms. The minimum Gasteiger partial charge on any atom is -0.497 e. The van der Waals surface area contributed by atoms with Crippen LogP contribution in [0.5, 0.6) is 5.75 Å². The number of hydrogen-bond acceptors (Lipinski definition) is 5. The molecule has 0 spiro atoms. The van der Waals surface area contributed by atoms with Gasteiger partial charge >= 0.3 is 0 Å². The van der Waals surface area contributed by atoms with Crippen LogP contribution in [-0.2, 0) is 10.0 Å². The molecule has 6 nitrogen and oxygen atoms in total. The van der Waals surface area contributed by atoms with E-state index in [1.807, 2.05) is 0 Å². The number of piperazine rings is 1. The van der Waals surface area contributed by atoms with Gasteiger partial charge in [-0.1, -0.05) is 13.8 Å². The highest BCUT2D eigenvalue weighted by Gasteiger charge is 2.27. The van der Waals surface area contributed by atoms with Gasteiger partial charge in [-0.3, -0.25) is 4.90 Å². The first-order valence-corrected chi connectivity index (χ1v) is 10.3. The van der Waals surface area contributed by atoms with E-state index in [2.05, 4.69) is 35.4 Å². The average Bonchev–Trinajstić information content (AvgIpc) is 2.55. The molecule has 1 saturated heterocycles. The number of ether oxygens (including phenoxy) is 1. The number of rotatable bonds is 7. The molecule has 1 aliphatic heterocycles. The van der Waals surface area contributed by atoms with E-state index in [-0.39, 0.29) is 6.04 Å². The van der Waals surface area contributed by atoms with Crippen molar-refractivity contribution in [2.45, 2.75) is 31.7 Å². The molecule has 0 aromatic heterocycles. The first-order valence-electron chi connectivity index (χ1n) is 8.81. The molecule has 0 aliphatic carbocycles. The largest absolute Gasteiger partial charge is 0.497 e. The molecule has 1 unspecified atom stereocenters. The van der Waals surface area contributed by atoms with Gasteiger partial charge in [0.25, 0.3) is 0 Å². The van der Waals surface area contributed by atoms with Crippen LogP contribution in [0.2, 0.25) is 0 Å². The molecule has 1 aliphatic rings. The van der Waals surface area contributed by atoms with Crippen molar-refractivity contribution in [3.05, 3.63) is 23.8 Å². The molecule has 7 heteroatoms. The Morgan fingerprint density at radius 1 is 1.20 bits per heavy atom. The Kier molecular flexibility index (Phi) is 6.85. The number of methoxy groups -OCH3 is 1. The van der Waals surface area contributed by atoms with E-state index < -0.39 is 10.0 Å². The van der Waals surface area contributed by atoms with Gasteiger partial charge in [0, 0.05) is 38.8 Å². The summed E-state index contributed by atoms with van der Waals surface area (Å²) in [6, 6.07) is 5.23. The standard InChI is InChI=1S/C18H31N3O3S/c1-14(2)17(21-10-8-20(4)9-11-21)13-19-25(22,23)18-7-6-16(24-5)12-15(18)3/h6-7,12,14,17,19H,8-11,13H2,1-5H3. The van der Waals surface area contributed by atoms with Crippen LogP contribution < -0.4 is 9.46 Å². The molecule has 0 saturated carbocycles. The van der Waals surface area contributed by atoms with Gasteiger partial charge in [0.15, 0.2) is 0 Å². The molecule has 2 rings (SSSR count). The summed E-state index contributed by atoms with van der Waals surface area (Å²) in [6.07, 6.45) is 0. The van der Waals surface area contributed by atoms with Crippen molar-refractivity contribution in [2.75, 3.05) is 46.9 Å². The van der Waals surface area contributed by atoms with Gasteiger partial charge in [0.05, 0.1) is 12.0 Å². The molecule has 1 heterocycles. The van der Waals surface area contributed by atoms with Crippen LogP contribution in [0.3, 0.4) is 0 Å². The molecule has 25 heavy (non-hydrogen) atoms. The first-order chi connectivity index (χ1) is 11.7. The predicted molar refractivity (Wildman–Crippen MR) is 101 cm³/mol. The Balaban J connectivity index is 2.08. The first kappa shape index (κ1) is 20.2. The molecule has 0 amide bonds. The molecule has 1 fully saturated rings. The zero-order valence-corrected chi connectivity index (χ0v) is 16.8. The number of hydrogen-bond donors (Lipinski definition) is 1. The summed E-state index contributed by atoms with van der Waals surface area (Å²) in [5.74, 6) is 1.04. The molecule has 0 radical (unpaired) electrons. The van der Waals surface area contributed by atoms with E-state index in [0.717, 1.165) is 26.2 Å². The lowest BCUT2D eigenvalue weighted by Gasteiger charge is -2.39. The van der Waals surface area contributed by atoms with Crippen LogP contribution in [0.1, 0.15) is 19.4 Å². The van der Waals surface area contributed by atoms with E-state index in [1.165, 1.54) is 0 Å². The number of likely N-dealkylation sites (N-methyl/N-ethyl adjacent to an activating group) is 1. The highest BCUT2D eigenvalue weighted by Crippen LogP contribution is 2.21. The van der Waals surface area contributed by atoms with Crippen molar-refractivity contribution < 1.29 is 13.2 Å². The second-order valence-electron chi connectivity index (χ2n) is 7.13. The third kappa shape index (κ3) is 5.17. The van der Waals surface area contributed by atoms with E-state index >= 15 is 0 Å². The van der Waals surface area contributed by atoms with Crippen LogP contribution in [-0.4, -0.2) is 71.1 Å². The van der Waals surface area contributed by atoms with Gasteiger partial charge in [-0.15, -0.1) is 0 Å². The lowest BCUT2D eigenvalue weighted by Crippen LogP contribution is -2.54. The van der Waals surface area contributed by atoms with Crippen LogP contribution >= 0.6 is 0 Å². The Bertz CT molecular complexity index is 668. The van der Waals surface area contributed by atoms with Crippen LogP contribution in [0, 0.1) is 12.8 Å². The van der Waals surface area contributed by atoms with E-state index in [1.54, 1.807) is 32.2 Å². The fraction of sp³-hybridized carbons (Fsp3) is 0.667. The van der Waals surface area contributed by atoms with Crippen molar-refractivity contribution in [3.8, 4) is 5.75 Å². The molecule has 142 valence electrons. The summed E-state index contributed by atoms with van der Waals surface area (Å²) in [7, 11) is 0.159.